The molecule has 2 aliphatic carbocycles. The van der Waals surface area contributed by atoms with Gasteiger partial charge < -0.3 is 20.1 Å². The average molecular weight is 489 g/mol. The Morgan fingerprint density at radius 2 is 1.97 bits per heavy atom. The fraction of sp³-hybridized carbons (Fsp3) is 0.467. The summed E-state index contributed by atoms with van der Waals surface area (Å²) in [4.78, 5) is 27.0. The lowest BCUT2D eigenvalue weighted by Gasteiger charge is -2.53. The molecule has 1 saturated heterocycles. The molecule has 6 nitrogen and oxygen atoms in total. The number of phenolic OH excluding ortho intramolecular Hbond substituents is 1. The maximum Gasteiger partial charge on any atom is 0.308 e. The van der Waals surface area contributed by atoms with Crippen LogP contribution >= 0.6 is 0 Å². The number of nitrogens with one attached hydrogen (secondary N) is 1. The van der Waals surface area contributed by atoms with Gasteiger partial charge in [0.25, 0.3) is 0 Å². The van der Waals surface area contributed by atoms with Crippen molar-refractivity contribution in [1.82, 2.24) is 10.2 Å². The van der Waals surface area contributed by atoms with Gasteiger partial charge in [0.1, 0.15) is 11.5 Å². The number of amides is 1. The maximum atomic E-state index is 12.8. The molecule has 2 aromatic rings. The minimum atomic E-state index is -0.312. The van der Waals surface area contributed by atoms with Crippen LogP contribution in [0.4, 0.5) is 0 Å². The molecule has 1 heterocycles. The molecule has 2 N–H and O–H groups in total. The van der Waals surface area contributed by atoms with E-state index in [2.05, 4.69) is 16.3 Å². The summed E-state index contributed by atoms with van der Waals surface area (Å²) in [5.41, 5.74) is 1.95. The second kappa shape index (κ2) is 10.5. The first-order chi connectivity index (χ1) is 17.4. The van der Waals surface area contributed by atoms with E-state index < -0.39 is 0 Å². The molecular formula is C30H36N2O4. The fourth-order valence-electron chi connectivity index (χ4n) is 6.26. The SMILES string of the molecule is CC(=O)Oc1cccc(C23CCN(CC4CC4)CC2CCC(NC(=O)/C=C/c2cccc(O)c2)C3)c1. The number of benzene rings is 2. The van der Waals surface area contributed by atoms with Gasteiger partial charge in [-0.25, -0.2) is 0 Å². The molecular weight excluding hydrogens is 452 g/mol. The van der Waals surface area contributed by atoms with Gasteiger partial charge in [0, 0.05) is 37.5 Å². The molecule has 2 aromatic carbocycles. The zero-order chi connectivity index (χ0) is 25.1. The van der Waals surface area contributed by atoms with E-state index in [0.717, 1.165) is 50.3 Å². The molecule has 5 rings (SSSR count). The second-order valence-electron chi connectivity index (χ2n) is 10.8. The Kier molecular flexibility index (Phi) is 7.15. The van der Waals surface area contributed by atoms with Gasteiger partial charge in [-0.2, -0.15) is 0 Å². The minimum absolute atomic E-state index is 0.0542. The van der Waals surface area contributed by atoms with Crippen molar-refractivity contribution in [3.05, 3.63) is 65.7 Å². The van der Waals surface area contributed by atoms with E-state index in [1.807, 2.05) is 24.3 Å². The molecule has 0 spiro atoms. The number of hydrogen-bond acceptors (Lipinski definition) is 5. The van der Waals surface area contributed by atoms with Crippen LogP contribution in [0.5, 0.6) is 11.5 Å². The molecule has 3 atom stereocenters. The Balaban J connectivity index is 1.33. The van der Waals surface area contributed by atoms with Crippen molar-refractivity contribution in [3.8, 4) is 11.5 Å². The number of nitrogens with zero attached hydrogens (tertiary/aromatic N) is 1. The zero-order valence-electron chi connectivity index (χ0n) is 21.0. The normalized spacial score (nSPS) is 26.4. The van der Waals surface area contributed by atoms with Gasteiger partial charge in [-0.1, -0.05) is 24.3 Å². The van der Waals surface area contributed by atoms with Crippen molar-refractivity contribution in [1.29, 1.82) is 0 Å². The Hall–Kier alpha value is -3.12. The third kappa shape index (κ3) is 5.81. The molecule has 3 unspecified atom stereocenters. The molecule has 0 aromatic heterocycles. The predicted molar refractivity (Wildman–Crippen MR) is 140 cm³/mol. The van der Waals surface area contributed by atoms with Crippen molar-refractivity contribution in [2.75, 3.05) is 19.6 Å². The van der Waals surface area contributed by atoms with Crippen LogP contribution in [0.1, 0.15) is 56.6 Å². The van der Waals surface area contributed by atoms with Gasteiger partial charge in [0.2, 0.25) is 5.91 Å². The van der Waals surface area contributed by atoms with Crippen LogP contribution in [0.25, 0.3) is 6.08 Å². The third-order valence-electron chi connectivity index (χ3n) is 8.14. The fourth-order valence-corrected chi connectivity index (χ4v) is 6.26. The third-order valence-corrected chi connectivity index (χ3v) is 8.14. The van der Waals surface area contributed by atoms with E-state index in [-0.39, 0.29) is 29.1 Å². The molecule has 190 valence electrons. The Bertz CT molecular complexity index is 1140. The zero-order valence-corrected chi connectivity index (χ0v) is 21.0. The standard InChI is InChI=1S/C30H36N2O4/c1-21(33)36-28-7-3-5-24(17-28)30-14-15-32(19-23-8-9-23)20-25(30)11-12-26(18-30)31-29(35)13-10-22-4-2-6-27(34)16-22/h2-7,10,13,16-17,23,25-26,34H,8-9,11-12,14-15,18-20H2,1H3,(H,31,35)/b13-10+. The molecule has 3 aliphatic rings. The first-order valence-electron chi connectivity index (χ1n) is 13.2. The maximum absolute atomic E-state index is 12.8. The number of aromatic hydroxyl groups is 1. The molecule has 2 saturated carbocycles. The summed E-state index contributed by atoms with van der Waals surface area (Å²) in [5.74, 6) is 1.73. The van der Waals surface area contributed by atoms with E-state index in [4.69, 9.17) is 4.74 Å². The number of ether oxygens (including phenoxy) is 1. The first kappa shape index (κ1) is 24.6. The molecule has 0 radical (unpaired) electrons. The summed E-state index contributed by atoms with van der Waals surface area (Å²) < 4.78 is 5.43. The highest BCUT2D eigenvalue weighted by atomic mass is 16.5. The number of carbonyl (C=O) groups is 2. The minimum Gasteiger partial charge on any atom is -0.508 e. The van der Waals surface area contributed by atoms with Crippen molar-refractivity contribution in [3.63, 3.8) is 0 Å². The number of piperidine rings is 1. The highest BCUT2D eigenvalue weighted by Gasteiger charge is 2.48. The summed E-state index contributed by atoms with van der Waals surface area (Å²) in [7, 11) is 0. The van der Waals surface area contributed by atoms with Crippen LogP contribution < -0.4 is 10.1 Å². The lowest BCUT2D eigenvalue weighted by Crippen LogP contribution is -2.56. The van der Waals surface area contributed by atoms with E-state index in [1.165, 1.54) is 31.9 Å². The van der Waals surface area contributed by atoms with Crippen LogP contribution in [0, 0.1) is 11.8 Å². The highest BCUT2D eigenvalue weighted by Crippen LogP contribution is 2.50. The van der Waals surface area contributed by atoms with Gasteiger partial charge >= 0.3 is 5.97 Å². The van der Waals surface area contributed by atoms with Gasteiger partial charge in [-0.15, -0.1) is 0 Å². The van der Waals surface area contributed by atoms with Crippen molar-refractivity contribution in [2.24, 2.45) is 11.8 Å². The summed E-state index contributed by atoms with van der Waals surface area (Å²) in [6.07, 6.45) is 9.94. The lowest BCUT2D eigenvalue weighted by atomic mass is 9.58. The van der Waals surface area contributed by atoms with Crippen LogP contribution in [0.3, 0.4) is 0 Å². The van der Waals surface area contributed by atoms with Crippen LogP contribution in [-0.2, 0) is 15.0 Å². The largest absolute Gasteiger partial charge is 0.508 e. The lowest BCUT2D eigenvalue weighted by molar-refractivity contribution is -0.131. The van der Waals surface area contributed by atoms with Crippen molar-refractivity contribution < 1.29 is 19.4 Å². The molecule has 1 amide bonds. The number of esters is 1. The first-order valence-corrected chi connectivity index (χ1v) is 13.2. The van der Waals surface area contributed by atoms with Gasteiger partial charge in [-0.3, -0.25) is 9.59 Å². The summed E-state index contributed by atoms with van der Waals surface area (Å²) in [5, 5.41) is 12.9. The number of carbonyl (C=O) groups excluding carboxylic acids is 2. The van der Waals surface area contributed by atoms with Crippen molar-refractivity contribution >= 4 is 18.0 Å². The number of rotatable bonds is 7. The number of hydrogen-bond donors (Lipinski definition) is 2. The highest BCUT2D eigenvalue weighted by molar-refractivity contribution is 5.92. The van der Waals surface area contributed by atoms with Gasteiger partial charge in [0.05, 0.1) is 0 Å². The van der Waals surface area contributed by atoms with Crippen LogP contribution in [-0.4, -0.2) is 47.6 Å². The van der Waals surface area contributed by atoms with Gasteiger partial charge in [-0.05, 0) is 98.4 Å². The summed E-state index contributed by atoms with van der Waals surface area (Å²) in [6.45, 7) is 4.79. The smallest absolute Gasteiger partial charge is 0.308 e. The number of fused-ring (bicyclic) bond motifs is 1. The Morgan fingerprint density at radius 3 is 2.75 bits per heavy atom. The van der Waals surface area contributed by atoms with Gasteiger partial charge in [0.15, 0.2) is 0 Å². The molecule has 1 aliphatic heterocycles. The Morgan fingerprint density at radius 1 is 1.14 bits per heavy atom. The van der Waals surface area contributed by atoms with Crippen LogP contribution in [0.15, 0.2) is 54.6 Å². The molecule has 36 heavy (non-hydrogen) atoms. The monoisotopic (exact) mass is 488 g/mol. The predicted octanol–water partition coefficient (Wildman–Crippen LogP) is 4.67. The van der Waals surface area contributed by atoms with Crippen molar-refractivity contribution in [2.45, 2.75) is 56.9 Å². The quantitative estimate of drug-likeness (QED) is 0.336. The topological polar surface area (TPSA) is 78.9 Å². The summed E-state index contributed by atoms with van der Waals surface area (Å²) in [6, 6.07) is 15.0. The van der Waals surface area contributed by atoms with E-state index in [1.54, 1.807) is 30.4 Å². The molecule has 3 fully saturated rings. The number of likely N-dealkylation sites (tertiary alicyclic amines) is 1. The van der Waals surface area contributed by atoms with E-state index >= 15 is 0 Å². The molecule has 0 bridgehead atoms. The Labute approximate surface area is 213 Å². The molecule has 6 heteroatoms. The number of phenols is 1. The van der Waals surface area contributed by atoms with E-state index in [0.29, 0.717) is 11.7 Å². The van der Waals surface area contributed by atoms with Crippen LogP contribution in [0.2, 0.25) is 0 Å². The average Bonchev–Trinajstić information content (AvgIpc) is 3.67. The second-order valence-corrected chi connectivity index (χ2v) is 10.8. The van der Waals surface area contributed by atoms with E-state index in [9.17, 15) is 14.7 Å². The summed E-state index contributed by atoms with van der Waals surface area (Å²) >= 11 is 0.